The molecule has 0 saturated carbocycles. The number of benzene rings is 4. The van der Waals surface area contributed by atoms with Gasteiger partial charge in [0.25, 0.3) is 5.91 Å². The Morgan fingerprint density at radius 2 is 1.74 bits per heavy atom. The third-order valence-corrected chi connectivity index (χ3v) is 16.8. The molecule has 3 aliphatic heterocycles. The van der Waals surface area contributed by atoms with E-state index >= 15 is 0 Å². The predicted octanol–water partition coefficient (Wildman–Crippen LogP) is 8.46. The third kappa shape index (κ3) is 10.3. The number of phenolic OH excluding ortho intramolecular Hbond substituents is 1. The van der Waals surface area contributed by atoms with Crippen molar-refractivity contribution in [1.82, 2.24) is 10.2 Å². The molecule has 1 atom stereocenters. The number of anilines is 3. The second-order valence-corrected chi connectivity index (χ2v) is 22.3. The number of fused-ring (bicyclic) bond motifs is 2. The highest BCUT2D eigenvalue weighted by atomic mass is 28.4. The molecule has 62 heavy (non-hydrogen) atoms. The van der Waals surface area contributed by atoms with Gasteiger partial charge in [-0.25, -0.2) is 9.59 Å². The molecular formula is C47H59N5O9Si. The molecule has 15 heteroatoms. The van der Waals surface area contributed by atoms with Gasteiger partial charge in [0.2, 0.25) is 0 Å². The Kier molecular flexibility index (Phi) is 13.8. The molecule has 0 unspecified atom stereocenters. The number of nitrogens with zero attached hydrogens (tertiary/aromatic N) is 2. The molecule has 3 amide bonds. The Labute approximate surface area is 364 Å². The summed E-state index contributed by atoms with van der Waals surface area (Å²) in [5.74, 6) is 0.661. The molecule has 1 fully saturated rings. The fourth-order valence-corrected chi connectivity index (χ4v) is 9.12. The standard InChI is InChI=1S/C47H59N5O9Si/c1-47(2,3)62(5,6)61-41(36-16-17-39(53)43-44(36)59-30-42(54)50-43)29-48-28-33-26-32-18-23-52(38(32)27-40(33)57-4)46(56)58-25-24-51-21-19-34(20-22-51)60-45(55)49-37-15-11-10-14-35(37)31-12-8-7-9-13-31/h7-17,26-27,34,41,48,53H,18-25,28-30H2,1-6H3,(H,49,55)(H,50,54)/t41-/m0/s1. The average Bonchev–Trinajstić information content (AvgIpc) is 3.67. The quantitative estimate of drug-likeness (QED) is 0.0712. The van der Waals surface area contributed by atoms with Crippen LogP contribution in [-0.4, -0.2) is 95.6 Å². The van der Waals surface area contributed by atoms with Crippen LogP contribution in [0.25, 0.3) is 11.1 Å². The number of rotatable bonds is 14. The lowest BCUT2D eigenvalue weighted by molar-refractivity contribution is -0.118. The molecule has 3 aliphatic rings. The minimum absolute atomic E-state index is 0.0655. The highest BCUT2D eigenvalue weighted by Crippen LogP contribution is 2.46. The van der Waals surface area contributed by atoms with E-state index in [2.05, 4.69) is 60.8 Å². The average molecular weight is 866 g/mol. The molecule has 0 bridgehead atoms. The number of hydrogen-bond acceptors (Lipinski definition) is 11. The fraction of sp³-hybridized carbons (Fsp3) is 0.426. The van der Waals surface area contributed by atoms with Gasteiger partial charge in [-0.05, 0) is 72.8 Å². The predicted molar refractivity (Wildman–Crippen MR) is 242 cm³/mol. The number of para-hydroxylation sites is 1. The largest absolute Gasteiger partial charge is 0.506 e. The van der Waals surface area contributed by atoms with Crippen molar-refractivity contribution in [1.29, 1.82) is 0 Å². The highest BCUT2D eigenvalue weighted by Gasteiger charge is 2.41. The number of aromatic hydroxyl groups is 1. The first-order valence-electron chi connectivity index (χ1n) is 21.4. The Bertz CT molecular complexity index is 2240. The van der Waals surface area contributed by atoms with E-state index in [0.717, 1.165) is 46.6 Å². The summed E-state index contributed by atoms with van der Waals surface area (Å²) in [6.07, 6.45) is 0.556. The minimum Gasteiger partial charge on any atom is -0.506 e. The number of carbonyl (C=O) groups is 3. The number of likely N-dealkylation sites (tertiary alicyclic amines) is 1. The first kappa shape index (κ1) is 44.4. The normalized spacial score (nSPS) is 16.1. The van der Waals surface area contributed by atoms with Crippen LogP contribution in [0.1, 0.15) is 56.4 Å². The van der Waals surface area contributed by atoms with Crippen LogP contribution in [0.15, 0.2) is 78.9 Å². The van der Waals surface area contributed by atoms with E-state index < -0.39 is 26.6 Å². The molecular weight excluding hydrogens is 807 g/mol. The molecule has 0 radical (unpaired) electrons. The summed E-state index contributed by atoms with van der Waals surface area (Å²) >= 11 is 0. The zero-order valence-corrected chi connectivity index (χ0v) is 37.5. The van der Waals surface area contributed by atoms with Crippen LogP contribution in [0, 0.1) is 0 Å². The number of hydrogen-bond donors (Lipinski definition) is 4. The third-order valence-electron chi connectivity index (χ3n) is 12.3. The summed E-state index contributed by atoms with van der Waals surface area (Å²) in [4.78, 5) is 42.3. The summed E-state index contributed by atoms with van der Waals surface area (Å²) in [5, 5.41) is 19.7. The summed E-state index contributed by atoms with van der Waals surface area (Å²) in [6.45, 7) is 14.4. The molecule has 4 aromatic rings. The molecule has 4 N–H and O–H groups in total. The van der Waals surface area contributed by atoms with Crippen LogP contribution in [0.2, 0.25) is 18.1 Å². The van der Waals surface area contributed by atoms with Gasteiger partial charge in [0, 0.05) is 62.0 Å². The van der Waals surface area contributed by atoms with Crippen LogP contribution in [-0.2, 0) is 31.7 Å². The van der Waals surface area contributed by atoms with Crippen molar-refractivity contribution >= 4 is 43.5 Å². The van der Waals surface area contributed by atoms with Gasteiger partial charge in [0.15, 0.2) is 20.7 Å². The molecule has 0 aliphatic carbocycles. The second kappa shape index (κ2) is 19.2. The SMILES string of the molecule is COc1cc2c(cc1CNC[C@H](O[Si](C)(C)C(C)(C)C)c1ccc(O)c3c1OCC(=O)N3)CCN2C(=O)OCCN1CCC(OC(=O)Nc2ccccc2-c2ccccc2)CC1. The number of amides is 3. The monoisotopic (exact) mass is 865 g/mol. The van der Waals surface area contributed by atoms with Gasteiger partial charge in [-0.3, -0.25) is 19.9 Å². The number of phenols is 1. The molecule has 1 saturated heterocycles. The van der Waals surface area contributed by atoms with E-state index in [1.165, 1.54) is 0 Å². The lowest BCUT2D eigenvalue weighted by Gasteiger charge is -2.40. The van der Waals surface area contributed by atoms with Crippen molar-refractivity contribution < 1.29 is 42.9 Å². The van der Waals surface area contributed by atoms with Gasteiger partial charge in [-0.15, -0.1) is 0 Å². The fourth-order valence-electron chi connectivity index (χ4n) is 7.85. The number of carbonyl (C=O) groups excluding carboxylic acids is 3. The van der Waals surface area contributed by atoms with E-state index in [-0.39, 0.29) is 41.7 Å². The molecule has 0 aromatic heterocycles. The maximum atomic E-state index is 13.4. The van der Waals surface area contributed by atoms with E-state index in [9.17, 15) is 19.5 Å². The van der Waals surface area contributed by atoms with Gasteiger partial charge in [-0.1, -0.05) is 69.3 Å². The smallest absolute Gasteiger partial charge is 0.414 e. The van der Waals surface area contributed by atoms with Crippen molar-refractivity contribution in [2.75, 3.05) is 68.6 Å². The van der Waals surface area contributed by atoms with Crippen molar-refractivity contribution in [3.8, 4) is 28.4 Å². The van der Waals surface area contributed by atoms with Crippen molar-refractivity contribution in [2.45, 2.75) is 76.9 Å². The van der Waals surface area contributed by atoms with Crippen LogP contribution in [0.3, 0.4) is 0 Å². The zero-order chi connectivity index (χ0) is 44.0. The zero-order valence-electron chi connectivity index (χ0n) is 36.5. The maximum absolute atomic E-state index is 13.4. The van der Waals surface area contributed by atoms with Crippen molar-refractivity contribution in [3.63, 3.8) is 0 Å². The maximum Gasteiger partial charge on any atom is 0.414 e. The highest BCUT2D eigenvalue weighted by molar-refractivity contribution is 6.74. The van der Waals surface area contributed by atoms with Gasteiger partial charge in [-0.2, -0.15) is 0 Å². The van der Waals surface area contributed by atoms with E-state index in [1.807, 2.05) is 60.7 Å². The molecule has 14 nitrogen and oxygen atoms in total. The Hall–Kier alpha value is -5.61. The minimum atomic E-state index is -2.29. The van der Waals surface area contributed by atoms with E-state index in [1.54, 1.807) is 24.1 Å². The summed E-state index contributed by atoms with van der Waals surface area (Å²) in [5.41, 5.74) is 6.37. The van der Waals surface area contributed by atoms with Crippen molar-refractivity contribution in [3.05, 3.63) is 95.6 Å². The van der Waals surface area contributed by atoms with Gasteiger partial charge in [0.1, 0.15) is 29.9 Å². The molecule has 7 rings (SSSR count). The van der Waals surface area contributed by atoms with Crippen molar-refractivity contribution in [2.24, 2.45) is 0 Å². The van der Waals surface area contributed by atoms with E-state index in [0.29, 0.717) is 62.6 Å². The molecule has 330 valence electrons. The Balaban J connectivity index is 0.901. The van der Waals surface area contributed by atoms with Crippen LogP contribution in [0.4, 0.5) is 26.7 Å². The van der Waals surface area contributed by atoms with Gasteiger partial charge in [0.05, 0.1) is 24.6 Å². The van der Waals surface area contributed by atoms with Gasteiger partial charge >= 0.3 is 12.2 Å². The molecule has 3 heterocycles. The molecule has 0 spiro atoms. The number of nitrogens with one attached hydrogen (secondary N) is 3. The first-order valence-corrected chi connectivity index (χ1v) is 24.3. The summed E-state index contributed by atoms with van der Waals surface area (Å²) in [6, 6.07) is 24.9. The lowest BCUT2D eigenvalue weighted by Crippen LogP contribution is -2.43. The van der Waals surface area contributed by atoms with Crippen LogP contribution < -0.4 is 30.3 Å². The van der Waals surface area contributed by atoms with Crippen LogP contribution in [0.5, 0.6) is 17.2 Å². The topological polar surface area (TPSA) is 160 Å². The Morgan fingerprint density at radius 3 is 2.48 bits per heavy atom. The number of piperidine rings is 1. The number of methoxy groups -OCH3 is 1. The number of ether oxygens (including phenoxy) is 4. The second-order valence-electron chi connectivity index (χ2n) is 17.5. The van der Waals surface area contributed by atoms with E-state index in [4.69, 9.17) is 23.4 Å². The Morgan fingerprint density at radius 1 is 1.00 bits per heavy atom. The van der Waals surface area contributed by atoms with Gasteiger partial charge < -0.3 is 39.1 Å². The van der Waals surface area contributed by atoms with Crippen LogP contribution >= 0.6 is 0 Å². The first-order chi connectivity index (χ1) is 29.7. The lowest BCUT2D eigenvalue weighted by atomic mass is 10.0. The molecule has 4 aromatic carbocycles. The summed E-state index contributed by atoms with van der Waals surface area (Å²) < 4.78 is 30.2. The summed E-state index contributed by atoms with van der Waals surface area (Å²) in [7, 11) is -0.675.